The quantitative estimate of drug-likeness (QED) is 0.528. The highest BCUT2D eigenvalue weighted by atomic mass is 31.2. The molecule has 0 saturated heterocycles. The van der Waals surface area contributed by atoms with Gasteiger partial charge in [0.25, 0.3) is 0 Å². The molecular weight excluding hydrogens is 369 g/mol. The van der Waals surface area contributed by atoms with E-state index in [1.54, 1.807) is 20.3 Å². The normalized spacial score (nSPS) is 11.4. The molecule has 0 spiro atoms. The van der Waals surface area contributed by atoms with Gasteiger partial charge >= 0.3 is 7.60 Å². The van der Waals surface area contributed by atoms with Gasteiger partial charge in [-0.1, -0.05) is 12.1 Å². The number of anilines is 2. The van der Waals surface area contributed by atoms with Gasteiger partial charge < -0.3 is 24.6 Å². The fourth-order valence-electron chi connectivity index (χ4n) is 2.65. The molecule has 0 fully saturated rings. The number of methoxy groups -OCH3 is 2. The van der Waals surface area contributed by atoms with E-state index < -0.39 is 7.60 Å². The summed E-state index contributed by atoms with van der Waals surface area (Å²) in [5.74, 6) is 1.78. The van der Waals surface area contributed by atoms with E-state index in [0.29, 0.717) is 29.3 Å². The van der Waals surface area contributed by atoms with Crippen molar-refractivity contribution in [3.05, 3.63) is 48.3 Å². The van der Waals surface area contributed by atoms with Crippen LogP contribution in [0.5, 0.6) is 11.5 Å². The highest BCUT2D eigenvalue weighted by Crippen LogP contribution is 2.36. The van der Waals surface area contributed by atoms with Crippen molar-refractivity contribution >= 4 is 30.0 Å². The number of fused-ring (bicyclic) bond motifs is 1. The van der Waals surface area contributed by atoms with Crippen LogP contribution in [0, 0.1) is 0 Å². The van der Waals surface area contributed by atoms with E-state index >= 15 is 0 Å². The first kappa shape index (κ1) is 19.1. The lowest BCUT2D eigenvalue weighted by molar-refractivity contribution is 0.356. The summed E-state index contributed by atoms with van der Waals surface area (Å²) in [5.41, 5.74) is 2.36. The first-order valence-corrected chi connectivity index (χ1v) is 9.96. The molecule has 0 radical (unpaired) electrons. The van der Waals surface area contributed by atoms with E-state index in [1.807, 2.05) is 30.3 Å². The van der Waals surface area contributed by atoms with Crippen molar-refractivity contribution in [2.45, 2.75) is 6.42 Å². The van der Waals surface area contributed by atoms with Gasteiger partial charge in [0.05, 0.1) is 25.9 Å². The fourth-order valence-corrected chi connectivity index (χ4v) is 3.20. The zero-order valence-electron chi connectivity index (χ0n) is 14.9. The second-order valence-electron chi connectivity index (χ2n) is 5.91. The minimum atomic E-state index is -3.99. The van der Waals surface area contributed by atoms with E-state index in [1.165, 1.54) is 6.33 Å². The van der Waals surface area contributed by atoms with Crippen LogP contribution in [0.4, 0.5) is 11.5 Å². The van der Waals surface area contributed by atoms with E-state index in [4.69, 9.17) is 19.3 Å². The zero-order chi connectivity index (χ0) is 19.4. The molecule has 9 heteroatoms. The molecule has 3 aromatic rings. The third kappa shape index (κ3) is 4.74. The van der Waals surface area contributed by atoms with E-state index in [0.717, 1.165) is 16.6 Å². The van der Waals surface area contributed by atoms with Gasteiger partial charge in [0, 0.05) is 17.1 Å². The summed E-state index contributed by atoms with van der Waals surface area (Å²) in [6, 6.07) is 10.9. The Balaban J connectivity index is 1.85. The molecule has 1 heterocycles. The average Bonchev–Trinajstić information content (AvgIpc) is 2.66. The van der Waals surface area contributed by atoms with Crippen LogP contribution in [0.3, 0.4) is 0 Å². The molecule has 3 N–H and O–H groups in total. The molecule has 8 nitrogen and oxygen atoms in total. The minimum absolute atomic E-state index is 0.169. The van der Waals surface area contributed by atoms with Gasteiger partial charge in [0.1, 0.15) is 12.1 Å². The molecule has 142 valence electrons. The van der Waals surface area contributed by atoms with Crippen LogP contribution in [-0.4, -0.2) is 40.1 Å². The maximum atomic E-state index is 11.0. The number of rotatable bonds is 7. The summed E-state index contributed by atoms with van der Waals surface area (Å²) in [6.07, 6.45) is 1.61. The van der Waals surface area contributed by atoms with Crippen LogP contribution in [0.15, 0.2) is 42.7 Å². The van der Waals surface area contributed by atoms with Crippen molar-refractivity contribution in [2.24, 2.45) is 0 Å². The minimum Gasteiger partial charge on any atom is -0.493 e. The Bertz CT molecular complexity index is 988. The lowest BCUT2D eigenvalue weighted by Crippen LogP contribution is -1.98. The monoisotopic (exact) mass is 389 g/mol. The molecule has 0 aliphatic heterocycles. The fraction of sp³-hybridized carbons (Fsp3) is 0.222. The summed E-state index contributed by atoms with van der Waals surface area (Å²) < 4.78 is 21.6. The predicted octanol–water partition coefficient (Wildman–Crippen LogP) is 3.11. The maximum Gasteiger partial charge on any atom is 0.325 e. The number of hydrogen-bond acceptors (Lipinski definition) is 6. The molecule has 0 saturated carbocycles. The number of benzene rings is 2. The Labute approximate surface area is 156 Å². The van der Waals surface area contributed by atoms with Crippen molar-refractivity contribution in [3.8, 4) is 11.5 Å². The summed E-state index contributed by atoms with van der Waals surface area (Å²) >= 11 is 0. The van der Waals surface area contributed by atoms with Crippen LogP contribution >= 0.6 is 7.60 Å². The first-order chi connectivity index (χ1) is 12.9. The van der Waals surface area contributed by atoms with Crippen molar-refractivity contribution in [2.75, 3.05) is 25.7 Å². The number of aryl methyl sites for hydroxylation is 1. The summed E-state index contributed by atoms with van der Waals surface area (Å²) in [5, 5.41) is 4.01. The Kier molecular flexibility index (Phi) is 5.60. The van der Waals surface area contributed by atoms with Gasteiger partial charge in [-0.15, -0.1) is 0 Å². The van der Waals surface area contributed by atoms with Crippen molar-refractivity contribution in [1.82, 2.24) is 9.97 Å². The van der Waals surface area contributed by atoms with Crippen molar-refractivity contribution in [3.63, 3.8) is 0 Å². The van der Waals surface area contributed by atoms with Crippen LogP contribution in [0.25, 0.3) is 10.9 Å². The maximum absolute atomic E-state index is 11.0. The van der Waals surface area contributed by atoms with Gasteiger partial charge in [0.2, 0.25) is 0 Å². The Morgan fingerprint density at radius 3 is 2.33 bits per heavy atom. The van der Waals surface area contributed by atoms with E-state index in [9.17, 15) is 4.57 Å². The summed E-state index contributed by atoms with van der Waals surface area (Å²) in [4.78, 5) is 26.5. The average molecular weight is 389 g/mol. The molecule has 27 heavy (non-hydrogen) atoms. The van der Waals surface area contributed by atoms with Gasteiger partial charge in [0.15, 0.2) is 11.5 Å². The Morgan fingerprint density at radius 1 is 1.04 bits per heavy atom. The number of nitrogens with zero attached hydrogens (tertiary/aromatic N) is 2. The largest absolute Gasteiger partial charge is 0.493 e. The summed E-state index contributed by atoms with van der Waals surface area (Å²) in [6.45, 7) is 0. The Hall–Kier alpha value is -2.67. The number of ether oxygens (including phenoxy) is 2. The highest BCUT2D eigenvalue weighted by Gasteiger charge is 2.13. The number of nitrogens with one attached hydrogen (secondary N) is 1. The number of aromatic nitrogens is 2. The van der Waals surface area contributed by atoms with Gasteiger partial charge in [-0.3, -0.25) is 4.57 Å². The molecule has 0 atom stereocenters. The standard InChI is InChI=1S/C18H20N3O5P/c1-25-16-9-14-15(10-17(16)26-2)19-11-20-18(14)21-13-5-3-12(4-6-13)7-8-27(22,23)24/h3-6,9-11H,7-8H2,1-2H3,(H,19,20,21)(H2,22,23,24). The van der Waals surface area contributed by atoms with Crippen LogP contribution in [-0.2, 0) is 11.0 Å². The van der Waals surface area contributed by atoms with Gasteiger partial charge in [-0.2, -0.15) is 0 Å². The molecule has 0 aliphatic carbocycles. The highest BCUT2D eigenvalue weighted by molar-refractivity contribution is 7.51. The second-order valence-corrected chi connectivity index (χ2v) is 7.68. The lowest BCUT2D eigenvalue weighted by Gasteiger charge is -2.12. The summed E-state index contributed by atoms with van der Waals surface area (Å²) in [7, 11) is -0.861. The molecular formula is C18H20N3O5P. The molecule has 3 rings (SSSR count). The van der Waals surface area contributed by atoms with Crippen molar-refractivity contribution < 1.29 is 23.8 Å². The lowest BCUT2D eigenvalue weighted by atomic mass is 10.1. The zero-order valence-corrected chi connectivity index (χ0v) is 15.8. The number of hydrogen-bond donors (Lipinski definition) is 3. The molecule has 1 aromatic heterocycles. The van der Waals surface area contributed by atoms with E-state index in [-0.39, 0.29) is 6.16 Å². The third-order valence-corrected chi connectivity index (χ3v) is 4.86. The van der Waals surface area contributed by atoms with Gasteiger partial charge in [-0.25, -0.2) is 9.97 Å². The van der Waals surface area contributed by atoms with Crippen LogP contribution in [0.1, 0.15) is 5.56 Å². The van der Waals surface area contributed by atoms with Crippen molar-refractivity contribution in [1.29, 1.82) is 0 Å². The SMILES string of the molecule is COc1cc2ncnc(Nc3ccc(CCP(=O)(O)O)cc3)c2cc1OC. The van der Waals surface area contributed by atoms with Crippen LogP contribution in [0.2, 0.25) is 0 Å². The van der Waals surface area contributed by atoms with Gasteiger partial charge in [-0.05, 0) is 30.2 Å². The third-order valence-electron chi connectivity index (χ3n) is 4.05. The Morgan fingerprint density at radius 2 is 1.70 bits per heavy atom. The first-order valence-electron chi connectivity index (χ1n) is 8.17. The molecule has 0 aliphatic rings. The van der Waals surface area contributed by atoms with Crippen LogP contribution < -0.4 is 14.8 Å². The second kappa shape index (κ2) is 7.92. The smallest absolute Gasteiger partial charge is 0.325 e. The molecule has 0 unspecified atom stereocenters. The molecule has 0 bridgehead atoms. The predicted molar refractivity (Wildman–Crippen MR) is 103 cm³/mol. The molecule has 2 aromatic carbocycles. The molecule has 0 amide bonds. The van der Waals surface area contributed by atoms with E-state index in [2.05, 4.69) is 15.3 Å². The topological polar surface area (TPSA) is 114 Å².